The SMILES string of the molecule is CCC(C(=O)NCCCn1nccc1C)n1cc([N+](=O)[O-])cn1. The van der Waals surface area contributed by atoms with Crippen molar-refractivity contribution in [1.29, 1.82) is 0 Å². The molecule has 9 nitrogen and oxygen atoms in total. The predicted molar refractivity (Wildman–Crippen MR) is 82.8 cm³/mol. The summed E-state index contributed by atoms with van der Waals surface area (Å²) in [6.07, 6.45) is 5.43. The Morgan fingerprint density at radius 3 is 2.83 bits per heavy atom. The fourth-order valence-corrected chi connectivity index (χ4v) is 2.28. The number of carbonyl (C=O) groups excluding carboxylic acids is 1. The molecule has 0 saturated heterocycles. The normalized spacial score (nSPS) is 12.1. The van der Waals surface area contributed by atoms with Gasteiger partial charge in [0.05, 0.1) is 4.92 Å². The summed E-state index contributed by atoms with van der Waals surface area (Å²) in [4.78, 5) is 22.4. The molecule has 1 atom stereocenters. The van der Waals surface area contributed by atoms with Crippen LogP contribution in [0.2, 0.25) is 0 Å². The van der Waals surface area contributed by atoms with Gasteiger partial charge in [0, 0.05) is 25.0 Å². The Morgan fingerprint density at radius 2 is 2.26 bits per heavy atom. The quantitative estimate of drug-likeness (QED) is 0.450. The number of carbonyl (C=O) groups is 1. The summed E-state index contributed by atoms with van der Waals surface area (Å²) in [5, 5.41) is 21.6. The van der Waals surface area contributed by atoms with Gasteiger partial charge in [-0.3, -0.25) is 24.3 Å². The lowest BCUT2D eigenvalue weighted by Crippen LogP contribution is -2.33. The van der Waals surface area contributed by atoms with Crippen LogP contribution in [0.1, 0.15) is 31.5 Å². The number of hydrogen-bond donors (Lipinski definition) is 1. The third-order valence-electron chi connectivity index (χ3n) is 3.58. The summed E-state index contributed by atoms with van der Waals surface area (Å²) in [5.41, 5.74) is 0.956. The van der Waals surface area contributed by atoms with Crippen LogP contribution >= 0.6 is 0 Å². The van der Waals surface area contributed by atoms with Crippen LogP contribution in [-0.2, 0) is 11.3 Å². The van der Waals surface area contributed by atoms with Crippen LogP contribution in [-0.4, -0.2) is 36.9 Å². The van der Waals surface area contributed by atoms with E-state index in [1.54, 1.807) is 6.20 Å². The van der Waals surface area contributed by atoms with Gasteiger partial charge in [-0.2, -0.15) is 10.2 Å². The maximum absolute atomic E-state index is 12.2. The second-order valence-corrected chi connectivity index (χ2v) is 5.20. The molecule has 0 fully saturated rings. The molecule has 0 saturated carbocycles. The van der Waals surface area contributed by atoms with Crippen molar-refractivity contribution in [2.24, 2.45) is 0 Å². The van der Waals surface area contributed by atoms with Gasteiger partial charge in [-0.1, -0.05) is 6.92 Å². The zero-order valence-corrected chi connectivity index (χ0v) is 13.2. The van der Waals surface area contributed by atoms with E-state index in [0.717, 1.165) is 24.9 Å². The molecule has 0 aliphatic rings. The largest absolute Gasteiger partial charge is 0.354 e. The van der Waals surface area contributed by atoms with Crippen LogP contribution < -0.4 is 5.32 Å². The van der Waals surface area contributed by atoms with Gasteiger partial charge in [0.1, 0.15) is 18.4 Å². The smallest absolute Gasteiger partial charge is 0.307 e. The van der Waals surface area contributed by atoms with Crippen LogP contribution in [0.4, 0.5) is 5.69 Å². The van der Waals surface area contributed by atoms with E-state index in [9.17, 15) is 14.9 Å². The van der Waals surface area contributed by atoms with Crippen molar-refractivity contribution in [1.82, 2.24) is 24.9 Å². The number of rotatable bonds is 8. The molecule has 23 heavy (non-hydrogen) atoms. The van der Waals surface area contributed by atoms with Gasteiger partial charge in [0.2, 0.25) is 5.91 Å². The lowest BCUT2D eigenvalue weighted by Gasteiger charge is -2.15. The van der Waals surface area contributed by atoms with E-state index in [2.05, 4.69) is 15.5 Å². The number of aryl methyl sites for hydroxylation is 2. The minimum absolute atomic E-state index is 0.120. The van der Waals surface area contributed by atoms with E-state index in [4.69, 9.17) is 0 Å². The molecule has 0 aliphatic heterocycles. The Hall–Kier alpha value is -2.71. The first kappa shape index (κ1) is 16.7. The van der Waals surface area contributed by atoms with Crippen molar-refractivity contribution in [2.75, 3.05) is 6.54 Å². The summed E-state index contributed by atoms with van der Waals surface area (Å²) in [5.74, 6) is -0.192. The molecule has 0 spiro atoms. The standard InChI is InChI=1S/C14H20N6O3/c1-3-13(19-10-12(9-17-19)20(22)23)14(21)15-6-4-8-18-11(2)5-7-16-18/h5,7,9-10,13H,3-4,6,8H2,1-2H3,(H,15,21). The summed E-state index contributed by atoms with van der Waals surface area (Å²) in [6, 6.07) is 1.38. The van der Waals surface area contributed by atoms with E-state index in [0.29, 0.717) is 13.0 Å². The second kappa shape index (κ2) is 7.52. The first-order valence-corrected chi connectivity index (χ1v) is 7.47. The average molecular weight is 320 g/mol. The Bertz CT molecular complexity index is 678. The van der Waals surface area contributed by atoms with Crippen molar-refractivity contribution in [3.05, 3.63) is 40.5 Å². The fourth-order valence-electron chi connectivity index (χ4n) is 2.28. The number of hydrogen-bond acceptors (Lipinski definition) is 5. The Labute approximate surface area is 133 Å². The highest BCUT2D eigenvalue weighted by Crippen LogP contribution is 2.15. The highest BCUT2D eigenvalue weighted by atomic mass is 16.6. The van der Waals surface area contributed by atoms with Crippen LogP contribution in [0.25, 0.3) is 0 Å². The summed E-state index contributed by atoms with van der Waals surface area (Å²) < 4.78 is 3.21. The Morgan fingerprint density at radius 1 is 1.48 bits per heavy atom. The average Bonchev–Trinajstić information content (AvgIpc) is 3.14. The third-order valence-corrected chi connectivity index (χ3v) is 3.58. The number of aromatic nitrogens is 4. The maximum Gasteiger partial charge on any atom is 0.307 e. The van der Waals surface area contributed by atoms with Crippen molar-refractivity contribution in [3.63, 3.8) is 0 Å². The van der Waals surface area contributed by atoms with E-state index in [1.807, 2.05) is 24.6 Å². The van der Waals surface area contributed by atoms with Gasteiger partial charge in [0.15, 0.2) is 0 Å². The van der Waals surface area contributed by atoms with Gasteiger partial charge >= 0.3 is 5.69 Å². The van der Waals surface area contributed by atoms with Gasteiger partial charge < -0.3 is 5.32 Å². The highest BCUT2D eigenvalue weighted by molar-refractivity contribution is 5.80. The van der Waals surface area contributed by atoms with Gasteiger partial charge in [-0.05, 0) is 25.8 Å². The summed E-state index contributed by atoms with van der Waals surface area (Å²) in [6.45, 7) is 5.05. The fraction of sp³-hybridized carbons (Fsp3) is 0.500. The molecule has 2 heterocycles. The number of nitrogens with zero attached hydrogens (tertiary/aromatic N) is 5. The van der Waals surface area contributed by atoms with Crippen LogP contribution in [0.5, 0.6) is 0 Å². The lowest BCUT2D eigenvalue weighted by atomic mass is 10.2. The van der Waals surface area contributed by atoms with Crippen LogP contribution in [0.3, 0.4) is 0 Å². The molecular weight excluding hydrogens is 300 g/mol. The minimum atomic E-state index is -0.546. The molecule has 1 unspecified atom stereocenters. The number of nitrogens with one attached hydrogen (secondary N) is 1. The number of amides is 1. The van der Waals surface area contributed by atoms with Crippen LogP contribution in [0, 0.1) is 17.0 Å². The van der Waals surface area contributed by atoms with Crippen molar-refractivity contribution >= 4 is 11.6 Å². The predicted octanol–water partition coefficient (Wildman–Crippen LogP) is 1.45. The topological polar surface area (TPSA) is 108 Å². The molecule has 1 N–H and O–H groups in total. The molecule has 0 aliphatic carbocycles. The van der Waals surface area contributed by atoms with Gasteiger partial charge in [-0.15, -0.1) is 0 Å². The first-order chi connectivity index (χ1) is 11.0. The molecule has 0 bridgehead atoms. The molecule has 0 radical (unpaired) electrons. The van der Waals surface area contributed by atoms with Crippen molar-refractivity contribution < 1.29 is 9.72 Å². The van der Waals surface area contributed by atoms with Crippen molar-refractivity contribution in [3.8, 4) is 0 Å². The molecule has 9 heteroatoms. The number of nitro groups is 1. The van der Waals surface area contributed by atoms with E-state index in [-0.39, 0.29) is 11.6 Å². The highest BCUT2D eigenvalue weighted by Gasteiger charge is 2.21. The molecule has 2 aromatic heterocycles. The molecular formula is C14H20N6O3. The zero-order valence-electron chi connectivity index (χ0n) is 13.2. The molecule has 1 amide bonds. The zero-order chi connectivity index (χ0) is 16.8. The maximum atomic E-state index is 12.2. The molecule has 124 valence electrons. The van der Waals surface area contributed by atoms with E-state index in [1.165, 1.54) is 10.9 Å². The molecule has 0 aromatic carbocycles. The first-order valence-electron chi connectivity index (χ1n) is 7.47. The van der Waals surface area contributed by atoms with Crippen LogP contribution in [0.15, 0.2) is 24.7 Å². The van der Waals surface area contributed by atoms with E-state index >= 15 is 0 Å². The van der Waals surface area contributed by atoms with Gasteiger partial charge in [-0.25, -0.2) is 0 Å². The Balaban J connectivity index is 1.84. The molecule has 2 rings (SSSR count). The summed E-state index contributed by atoms with van der Waals surface area (Å²) in [7, 11) is 0. The van der Waals surface area contributed by atoms with E-state index < -0.39 is 11.0 Å². The lowest BCUT2D eigenvalue weighted by molar-refractivity contribution is -0.385. The monoisotopic (exact) mass is 320 g/mol. The van der Waals surface area contributed by atoms with Crippen molar-refractivity contribution in [2.45, 2.75) is 39.3 Å². The molecule has 2 aromatic rings. The van der Waals surface area contributed by atoms with Gasteiger partial charge in [0.25, 0.3) is 0 Å². The third kappa shape index (κ3) is 4.15. The summed E-state index contributed by atoms with van der Waals surface area (Å²) >= 11 is 0. The minimum Gasteiger partial charge on any atom is -0.354 e. The Kier molecular flexibility index (Phi) is 5.45. The second-order valence-electron chi connectivity index (χ2n) is 5.20.